The first kappa shape index (κ1) is 13.1. The van der Waals surface area contributed by atoms with Crippen LogP contribution in [0.15, 0.2) is 29.6 Å². The summed E-state index contributed by atoms with van der Waals surface area (Å²) in [6.45, 7) is 3.20. The summed E-state index contributed by atoms with van der Waals surface area (Å²) in [5.74, 6) is -0.302. The predicted molar refractivity (Wildman–Crippen MR) is 72.7 cm³/mol. The molecule has 94 valence electrons. The summed E-state index contributed by atoms with van der Waals surface area (Å²) in [6.07, 6.45) is -0.320. The molecule has 0 fully saturated rings. The number of ether oxygens (including phenoxy) is 1. The minimum absolute atomic E-state index is 0.302. The number of halogens is 1. The Labute approximate surface area is 114 Å². The van der Waals surface area contributed by atoms with Gasteiger partial charge in [-0.3, -0.25) is 4.79 Å². The van der Waals surface area contributed by atoms with Gasteiger partial charge in [0, 0.05) is 22.9 Å². The second-order valence-corrected chi connectivity index (χ2v) is 5.13. The Hall–Kier alpha value is -1.39. The first-order valence-electron chi connectivity index (χ1n) is 5.45. The molecule has 0 aliphatic heterocycles. The summed E-state index contributed by atoms with van der Waals surface area (Å²) in [5, 5.41) is 3.49. The summed E-state index contributed by atoms with van der Waals surface area (Å²) >= 11 is 7.36. The fraction of sp³-hybridized carbons (Fsp3) is 0.231. The van der Waals surface area contributed by atoms with Gasteiger partial charge in [0.2, 0.25) is 0 Å². The Morgan fingerprint density at radius 2 is 2.06 bits per heavy atom. The summed E-state index contributed by atoms with van der Waals surface area (Å²) < 4.78 is 5.09. The van der Waals surface area contributed by atoms with Crippen LogP contribution in [0.5, 0.6) is 0 Å². The minimum atomic E-state index is -0.320. The smallest absolute Gasteiger partial charge is 0.303 e. The lowest BCUT2D eigenvalue weighted by atomic mass is 10.2. The first-order valence-corrected chi connectivity index (χ1v) is 6.70. The third kappa shape index (κ3) is 3.09. The molecule has 0 N–H and O–H groups in total. The van der Waals surface area contributed by atoms with Gasteiger partial charge in [0.25, 0.3) is 0 Å². The van der Waals surface area contributed by atoms with Crippen molar-refractivity contribution in [3.8, 4) is 10.6 Å². The van der Waals surface area contributed by atoms with E-state index in [1.54, 1.807) is 0 Å². The van der Waals surface area contributed by atoms with E-state index in [4.69, 9.17) is 16.3 Å². The lowest BCUT2D eigenvalue weighted by molar-refractivity contribution is -0.145. The number of hydrogen-bond acceptors (Lipinski definition) is 4. The normalized spacial score (nSPS) is 12.2. The zero-order valence-corrected chi connectivity index (χ0v) is 11.6. The highest BCUT2D eigenvalue weighted by Crippen LogP contribution is 2.28. The van der Waals surface area contributed by atoms with E-state index in [9.17, 15) is 4.79 Å². The first-order chi connectivity index (χ1) is 8.56. The van der Waals surface area contributed by atoms with Crippen molar-refractivity contribution in [2.75, 3.05) is 0 Å². The van der Waals surface area contributed by atoms with Crippen LogP contribution in [-0.2, 0) is 9.53 Å². The lowest BCUT2D eigenvalue weighted by Crippen LogP contribution is -2.04. The molecule has 0 bridgehead atoms. The van der Waals surface area contributed by atoms with Gasteiger partial charge in [-0.05, 0) is 19.1 Å². The third-order valence-electron chi connectivity index (χ3n) is 2.37. The molecule has 1 aromatic heterocycles. The molecule has 3 nitrogen and oxygen atoms in total. The molecule has 0 radical (unpaired) electrons. The molecule has 5 heteroatoms. The monoisotopic (exact) mass is 281 g/mol. The fourth-order valence-corrected chi connectivity index (χ4v) is 2.54. The third-order valence-corrected chi connectivity index (χ3v) is 3.53. The van der Waals surface area contributed by atoms with Crippen molar-refractivity contribution in [2.45, 2.75) is 20.0 Å². The maximum atomic E-state index is 10.9. The van der Waals surface area contributed by atoms with Crippen molar-refractivity contribution in [3.63, 3.8) is 0 Å². The number of nitrogens with zero attached hydrogens (tertiary/aromatic N) is 1. The van der Waals surface area contributed by atoms with E-state index in [1.165, 1.54) is 18.3 Å². The van der Waals surface area contributed by atoms with E-state index in [-0.39, 0.29) is 12.1 Å². The predicted octanol–water partition coefficient (Wildman–Crippen LogP) is 4.09. The maximum Gasteiger partial charge on any atom is 0.303 e. The number of thiazole rings is 1. The van der Waals surface area contributed by atoms with Crippen LogP contribution in [-0.4, -0.2) is 11.0 Å². The summed E-state index contributed by atoms with van der Waals surface area (Å²) in [6, 6.07) is 7.49. The van der Waals surface area contributed by atoms with E-state index in [0.29, 0.717) is 5.02 Å². The Kier molecular flexibility index (Phi) is 3.99. The number of benzene rings is 1. The molecule has 0 aliphatic carbocycles. The molecule has 1 unspecified atom stereocenters. The van der Waals surface area contributed by atoms with Gasteiger partial charge in [-0.15, -0.1) is 11.3 Å². The topological polar surface area (TPSA) is 39.2 Å². The van der Waals surface area contributed by atoms with Crippen molar-refractivity contribution in [1.29, 1.82) is 0 Å². The molecular formula is C13H12ClNO2S. The van der Waals surface area contributed by atoms with Crippen LogP contribution in [0.2, 0.25) is 5.02 Å². The van der Waals surface area contributed by atoms with Gasteiger partial charge in [0.15, 0.2) is 0 Å². The Morgan fingerprint density at radius 3 is 2.67 bits per heavy atom. The zero-order valence-electron chi connectivity index (χ0n) is 10.0. The zero-order chi connectivity index (χ0) is 13.1. The average molecular weight is 282 g/mol. The largest absolute Gasteiger partial charge is 0.456 e. The van der Waals surface area contributed by atoms with E-state index in [1.807, 2.05) is 36.6 Å². The standard InChI is InChI=1S/C13H12ClNO2S/c1-8(17-9(2)16)12-7-18-13(15-12)10-3-5-11(14)6-4-10/h3-8H,1-2H3. The number of carbonyl (C=O) groups excluding carboxylic acids is 1. The Bertz CT molecular complexity index is 550. The molecule has 0 saturated carbocycles. The number of aromatic nitrogens is 1. The molecule has 2 rings (SSSR count). The number of carbonyl (C=O) groups is 1. The van der Waals surface area contributed by atoms with E-state index in [2.05, 4.69) is 4.98 Å². The van der Waals surface area contributed by atoms with Crippen molar-refractivity contribution in [2.24, 2.45) is 0 Å². The van der Waals surface area contributed by atoms with Gasteiger partial charge in [-0.1, -0.05) is 23.7 Å². The SMILES string of the molecule is CC(=O)OC(C)c1csc(-c2ccc(Cl)cc2)n1. The molecule has 1 atom stereocenters. The van der Waals surface area contributed by atoms with Crippen molar-refractivity contribution < 1.29 is 9.53 Å². The highest BCUT2D eigenvalue weighted by Gasteiger charge is 2.13. The van der Waals surface area contributed by atoms with Gasteiger partial charge < -0.3 is 4.74 Å². The van der Waals surface area contributed by atoms with Crippen LogP contribution in [0.4, 0.5) is 0 Å². The van der Waals surface area contributed by atoms with Crippen LogP contribution in [0.25, 0.3) is 10.6 Å². The van der Waals surface area contributed by atoms with Gasteiger partial charge in [0.05, 0.1) is 5.69 Å². The molecule has 1 heterocycles. The van der Waals surface area contributed by atoms with Crippen molar-refractivity contribution >= 4 is 28.9 Å². The summed E-state index contributed by atoms with van der Waals surface area (Å²) in [7, 11) is 0. The molecule has 0 aliphatic rings. The van der Waals surface area contributed by atoms with Gasteiger partial charge >= 0.3 is 5.97 Å². The maximum absolute atomic E-state index is 10.9. The second-order valence-electron chi connectivity index (χ2n) is 3.84. The molecule has 0 spiro atoms. The van der Waals surface area contributed by atoms with Crippen LogP contribution in [0.3, 0.4) is 0 Å². The molecule has 1 aromatic carbocycles. The Morgan fingerprint density at radius 1 is 1.39 bits per heavy atom. The highest BCUT2D eigenvalue weighted by molar-refractivity contribution is 7.13. The average Bonchev–Trinajstić information content (AvgIpc) is 2.78. The minimum Gasteiger partial charge on any atom is -0.456 e. The van der Waals surface area contributed by atoms with E-state index >= 15 is 0 Å². The lowest BCUT2D eigenvalue weighted by Gasteiger charge is -2.08. The van der Waals surface area contributed by atoms with Crippen LogP contribution in [0, 0.1) is 0 Å². The van der Waals surface area contributed by atoms with Crippen LogP contribution in [0.1, 0.15) is 25.6 Å². The van der Waals surface area contributed by atoms with Crippen LogP contribution < -0.4 is 0 Å². The number of hydrogen-bond donors (Lipinski definition) is 0. The molecule has 2 aromatic rings. The van der Waals surface area contributed by atoms with E-state index < -0.39 is 0 Å². The van der Waals surface area contributed by atoms with Gasteiger partial charge in [-0.25, -0.2) is 4.98 Å². The van der Waals surface area contributed by atoms with Crippen LogP contribution >= 0.6 is 22.9 Å². The molecule has 18 heavy (non-hydrogen) atoms. The molecule has 0 amide bonds. The van der Waals surface area contributed by atoms with E-state index in [0.717, 1.165) is 16.3 Å². The highest BCUT2D eigenvalue weighted by atomic mass is 35.5. The van der Waals surface area contributed by atoms with Crippen molar-refractivity contribution in [1.82, 2.24) is 4.98 Å². The Balaban J connectivity index is 2.19. The van der Waals surface area contributed by atoms with Gasteiger partial charge in [-0.2, -0.15) is 0 Å². The van der Waals surface area contributed by atoms with Crippen molar-refractivity contribution in [3.05, 3.63) is 40.4 Å². The summed E-state index contributed by atoms with van der Waals surface area (Å²) in [4.78, 5) is 15.3. The fourth-order valence-electron chi connectivity index (χ4n) is 1.51. The van der Waals surface area contributed by atoms with Gasteiger partial charge in [0.1, 0.15) is 11.1 Å². The molecular weight excluding hydrogens is 270 g/mol. The quantitative estimate of drug-likeness (QED) is 0.796. The number of esters is 1. The second kappa shape index (κ2) is 5.50. The number of rotatable bonds is 3. The molecule has 0 saturated heterocycles. The summed E-state index contributed by atoms with van der Waals surface area (Å²) in [5.41, 5.74) is 1.77.